The summed E-state index contributed by atoms with van der Waals surface area (Å²) in [4.78, 5) is 23.6. The van der Waals surface area contributed by atoms with Crippen LogP contribution in [0.2, 0.25) is 0 Å². The molecule has 0 amide bonds. The van der Waals surface area contributed by atoms with Crippen LogP contribution in [-0.2, 0) is 11.3 Å². The molecule has 2 heterocycles. The Balaban J connectivity index is 1.92. The third kappa shape index (κ3) is 3.84. The van der Waals surface area contributed by atoms with Crippen LogP contribution in [0.3, 0.4) is 0 Å². The molecule has 0 saturated carbocycles. The van der Waals surface area contributed by atoms with Crippen molar-refractivity contribution in [2.75, 3.05) is 21.3 Å². The number of methoxy groups -OCH3 is 3. The van der Waals surface area contributed by atoms with E-state index in [1.807, 2.05) is 6.07 Å². The molecule has 0 N–H and O–H groups in total. The number of ether oxygens (including phenoxy) is 3. The zero-order valence-corrected chi connectivity index (χ0v) is 15.1. The number of benzene rings is 1. The molecular weight excluding hydrogens is 352 g/mol. The second-order valence-electron chi connectivity index (χ2n) is 5.54. The first kappa shape index (κ1) is 18.2. The van der Waals surface area contributed by atoms with Crippen LogP contribution in [0.4, 0.5) is 0 Å². The molecule has 0 atom stereocenters. The fourth-order valence-corrected chi connectivity index (χ4v) is 2.53. The van der Waals surface area contributed by atoms with Crippen molar-refractivity contribution >= 4 is 5.97 Å². The maximum atomic E-state index is 12.1. The summed E-state index contributed by atoms with van der Waals surface area (Å²) in [5.74, 6) is 1.05. The number of hydrogen-bond donors (Lipinski definition) is 0. The molecule has 0 aliphatic carbocycles. The largest absolute Gasteiger partial charge is 0.493 e. The van der Waals surface area contributed by atoms with E-state index in [1.165, 1.54) is 23.9 Å². The lowest BCUT2D eigenvalue weighted by Crippen LogP contribution is -2.22. The Labute approximate surface area is 154 Å². The van der Waals surface area contributed by atoms with Gasteiger partial charge in [0.2, 0.25) is 5.76 Å². The molecule has 8 heteroatoms. The highest BCUT2D eigenvalue weighted by molar-refractivity contribution is 5.86. The highest BCUT2D eigenvalue weighted by Gasteiger charge is 2.13. The van der Waals surface area contributed by atoms with E-state index >= 15 is 0 Å². The minimum absolute atomic E-state index is 0.0663. The Hall–Kier alpha value is -3.55. The Bertz CT molecular complexity index is 1020. The molecule has 1 aromatic carbocycles. The van der Waals surface area contributed by atoms with Gasteiger partial charge in [0.1, 0.15) is 12.3 Å². The Morgan fingerprint density at radius 3 is 2.52 bits per heavy atom. The zero-order chi connectivity index (χ0) is 19.4. The molecule has 8 nitrogen and oxygen atoms in total. The van der Waals surface area contributed by atoms with Crippen molar-refractivity contribution in [1.82, 2.24) is 9.78 Å². The van der Waals surface area contributed by atoms with Gasteiger partial charge in [-0.2, -0.15) is 5.10 Å². The quantitative estimate of drug-likeness (QED) is 0.615. The van der Waals surface area contributed by atoms with E-state index in [-0.39, 0.29) is 17.9 Å². The molecule has 140 valence electrons. The minimum atomic E-state index is -0.583. The lowest BCUT2D eigenvalue weighted by Gasteiger charge is -2.10. The van der Waals surface area contributed by atoms with Crippen LogP contribution in [0.1, 0.15) is 16.3 Å². The molecular formula is C19H18N2O6. The number of nitrogens with zero attached hydrogens (tertiary/aromatic N) is 2. The third-order valence-corrected chi connectivity index (χ3v) is 3.90. The minimum Gasteiger partial charge on any atom is -0.493 e. The van der Waals surface area contributed by atoms with Gasteiger partial charge in [-0.15, -0.1) is 0 Å². The van der Waals surface area contributed by atoms with E-state index < -0.39 is 5.97 Å². The summed E-state index contributed by atoms with van der Waals surface area (Å²) in [5, 5.41) is 4.37. The lowest BCUT2D eigenvalue weighted by atomic mass is 10.1. The predicted molar refractivity (Wildman–Crippen MR) is 96.2 cm³/mol. The first-order valence-corrected chi connectivity index (χ1v) is 8.03. The van der Waals surface area contributed by atoms with Gasteiger partial charge in [-0.25, -0.2) is 9.48 Å². The standard InChI is InChI=1S/C19H18N2O6/c1-24-15-7-4-12(10-17(15)25-2)14-6-9-18(22)21(20-14)11-13-5-8-16(27-13)19(23)26-3/h4-10H,11H2,1-3H3. The Kier molecular flexibility index (Phi) is 5.25. The molecule has 0 bridgehead atoms. The van der Waals surface area contributed by atoms with E-state index in [0.29, 0.717) is 23.0 Å². The van der Waals surface area contributed by atoms with Gasteiger partial charge < -0.3 is 18.6 Å². The van der Waals surface area contributed by atoms with Crippen molar-refractivity contribution in [3.63, 3.8) is 0 Å². The summed E-state index contributed by atoms with van der Waals surface area (Å²) in [6.45, 7) is 0.0803. The predicted octanol–water partition coefficient (Wildman–Crippen LogP) is 2.36. The van der Waals surface area contributed by atoms with Crippen molar-refractivity contribution in [2.24, 2.45) is 0 Å². The van der Waals surface area contributed by atoms with E-state index in [4.69, 9.17) is 13.9 Å². The van der Waals surface area contributed by atoms with Crippen LogP contribution in [-0.4, -0.2) is 37.1 Å². The summed E-state index contributed by atoms with van der Waals surface area (Å²) in [5.41, 5.74) is 1.04. The van der Waals surface area contributed by atoms with Gasteiger partial charge >= 0.3 is 5.97 Å². The smallest absolute Gasteiger partial charge is 0.373 e. The molecule has 0 saturated heterocycles. The van der Waals surface area contributed by atoms with E-state index in [1.54, 1.807) is 38.5 Å². The number of carbonyl (C=O) groups excluding carboxylic acids is 1. The van der Waals surface area contributed by atoms with E-state index in [0.717, 1.165) is 5.56 Å². The first-order valence-electron chi connectivity index (χ1n) is 8.03. The molecule has 3 aromatic rings. The molecule has 0 spiro atoms. The average Bonchev–Trinajstić information content (AvgIpc) is 3.17. The number of rotatable bonds is 6. The highest BCUT2D eigenvalue weighted by atomic mass is 16.5. The van der Waals surface area contributed by atoms with Gasteiger partial charge in [-0.3, -0.25) is 4.79 Å². The van der Waals surface area contributed by atoms with Gasteiger partial charge in [0.25, 0.3) is 5.56 Å². The van der Waals surface area contributed by atoms with Crippen LogP contribution in [0.25, 0.3) is 11.3 Å². The van der Waals surface area contributed by atoms with Gasteiger partial charge in [0.15, 0.2) is 11.5 Å². The van der Waals surface area contributed by atoms with Crippen LogP contribution < -0.4 is 15.0 Å². The van der Waals surface area contributed by atoms with Crippen molar-refractivity contribution < 1.29 is 23.4 Å². The molecule has 3 rings (SSSR count). The van der Waals surface area contributed by atoms with Crippen molar-refractivity contribution in [2.45, 2.75) is 6.54 Å². The number of esters is 1. The maximum Gasteiger partial charge on any atom is 0.373 e. The lowest BCUT2D eigenvalue weighted by molar-refractivity contribution is 0.0562. The van der Waals surface area contributed by atoms with Gasteiger partial charge in [0.05, 0.1) is 27.0 Å². The van der Waals surface area contributed by atoms with Gasteiger partial charge in [-0.05, 0) is 36.4 Å². The molecule has 0 unspecified atom stereocenters. The van der Waals surface area contributed by atoms with Gasteiger partial charge in [0, 0.05) is 11.6 Å². The fourth-order valence-electron chi connectivity index (χ4n) is 2.53. The number of furan rings is 1. The number of carbonyl (C=O) groups is 1. The van der Waals surface area contributed by atoms with Gasteiger partial charge in [-0.1, -0.05) is 0 Å². The Morgan fingerprint density at radius 2 is 1.81 bits per heavy atom. The van der Waals surface area contributed by atoms with Crippen LogP contribution in [0.15, 0.2) is 51.7 Å². The van der Waals surface area contributed by atoms with E-state index in [9.17, 15) is 9.59 Å². The SMILES string of the molecule is COC(=O)c1ccc(Cn2nc(-c3ccc(OC)c(OC)c3)ccc2=O)o1. The summed E-state index contributed by atoms with van der Waals surface area (Å²) in [6.07, 6.45) is 0. The topological polar surface area (TPSA) is 92.8 Å². The molecule has 27 heavy (non-hydrogen) atoms. The van der Waals surface area contributed by atoms with E-state index in [2.05, 4.69) is 9.84 Å². The van der Waals surface area contributed by atoms with Crippen molar-refractivity contribution in [3.05, 3.63) is 64.3 Å². The highest BCUT2D eigenvalue weighted by Crippen LogP contribution is 2.31. The van der Waals surface area contributed by atoms with Crippen LogP contribution in [0.5, 0.6) is 11.5 Å². The number of aromatic nitrogens is 2. The summed E-state index contributed by atoms with van der Waals surface area (Å²) in [6, 6.07) is 11.5. The Morgan fingerprint density at radius 1 is 1.04 bits per heavy atom. The number of hydrogen-bond acceptors (Lipinski definition) is 7. The molecule has 0 aliphatic rings. The maximum absolute atomic E-state index is 12.1. The van der Waals surface area contributed by atoms with Crippen molar-refractivity contribution in [3.8, 4) is 22.8 Å². The summed E-state index contributed by atoms with van der Waals surface area (Å²) < 4.78 is 21.8. The average molecular weight is 370 g/mol. The van der Waals surface area contributed by atoms with Crippen LogP contribution >= 0.6 is 0 Å². The third-order valence-electron chi connectivity index (χ3n) is 3.90. The van der Waals surface area contributed by atoms with Crippen LogP contribution in [0, 0.1) is 0 Å². The normalized spacial score (nSPS) is 10.5. The molecule has 0 aliphatic heterocycles. The first-order chi connectivity index (χ1) is 13.0. The molecule has 2 aromatic heterocycles. The zero-order valence-electron chi connectivity index (χ0n) is 15.1. The summed E-state index contributed by atoms with van der Waals surface area (Å²) in [7, 11) is 4.37. The fraction of sp³-hybridized carbons (Fsp3) is 0.211. The molecule has 0 radical (unpaired) electrons. The second kappa shape index (κ2) is 7.77. The summed E-state index contributed by atoms with van der Waals surface area (Å²) >= 11 is 0. The monoisotopic (exact) mass is 370 g/mol. The molecule has 0 fully saturated rings. The van der Waals surface area contributed by atoms with Crippen molar-refractivity contribution in [1.29, 1.82) is 0 Å². The second-order valence-corrected chi connectivity index (χ2v) is 5.54.